The van der Waals surface area contributed by atoms with E-state index in [2.05, 4.69) is 0 Å². The summed E-state index contributed by atoms with van der Waals surface area (Å²) in [5.74, 6) is -4.70. The molecule has 0 aliphatic rings. The van der Waals surface area contributed by atoms with E-state index in [1.165, 1.54) is 17.8 Å². The Hall–Kier alpha value is -1.98. The smallest absolute Gasteiger partial charge is 0.425 e. The fourth-order valence-corrected chi connectivity index (χ4v) is 3.80. The minimum absolute atomic E-state index is 0.422. The topological polar surface area (TPSA) is 91.2 Å². The van der Waals surface area contributed by atoms with E-state index in [-0.39, 0.29) is 0 Å². The van der Waals surface area contributed by atoms with Crippen molar-refractivity contribution in [3.63, 3.8) is 0 Å². The van der Waals surface area contributed by atoms with Gasteiger partial charge in [0.2, 0.25) is 6.33 Å². The molecule has 0 saturated heterocycles. The van der Waals surface area contributed by atoms with Gasteiger partial charge in [-0.15, -0.1) is 0 Å². The second-order valence-electron chi connectivity index (χ2n) is 6.01. The van der Waals surface area contributed by atoms with Crippen LogP contribution in [0.15, 0.2) is 18.7 Å². The third kappa shape index (κ3) is 7.27. The summed E-state index contributed by atoms with van der Waals surface area (Å²) in [6.45, 7) is -1.39. The third-order valence-electron chi connectivity index (χ3n) is 3.12. The SMILES string of the molecule is C[n+]1ccn(CC(F)(F)C(F)(F)F)c1.O=S(=O)([N-]S(=O)(=O)C(F)(F)C(F)(F)F)C(F)(F)C(F)(F)F. The molecule has 0 radical (unpaired) electrons. The summed E-state index contributed by atoms with van der Waals surface area (Å²) in [6, 6.07) is 0. The van der Waals surface area contributed by atoms with Gasteiger partial charge in [0.15, 0.2) is 26.6 Å². The maximum absolute atomic E-state index is 12.5. The summed E-state index contributed by atoms with van der Waals surface area (Å²) in [4.78, 5) is 0. The molecule has 7 nitrogen and oxygen atoms in total. The van der Waals surface area contributed by atoms with Gasteiger partial charge in [-0.05, 0) is 0 Å². The van der Waals surface area contributed by atoms with E-state index in [0.29, 0.717) is 4.13 Å². The van der Waals surface area contributed by atoms with Gasteiger partial charge in [-0.1, -0.05) is 0 Å². The standard InChI is InChI=1S/C7H8F5N2.C4F10NO4S2/c1-13-2-3-14(5-13)4-6(8,9)7(10,11)12;5-1(6,7)3(11,12)20(16,17)15-21(18,19)4(13,14)2(8,9)10/h2-3,5H,4H2,1H3;/q+1;-1. The first-order valence-corrected chi connectivity index (χ1v) is 10.4. The Labute approximate surface area is 184 Å². The number of halogens is 15. The fourth-order valence-electron chi connectivity index (χ4n) is 1.43. The molecule has 0 aromatic carbocycles. The highest BCUT2D eigenvalue weighted by Crippen LogP contribution is 2.47. The molecule has 0 amide bonds. The van der Waals surface area contributed by atoms with E-state index < -0.39 is 61.6 Å². The summed E-state index contributed by atoms with van der Waals surface area (Å²) in [6.07, 6.45) is -15.8. The lowest BCUT2D eigenvalue weighted by Gasteiger charge is -2.31. The van der Waals surface area contributed by atoms with Crippen LogP contribution in [0.5, 0.6) is 0 Å². The zero-order valence-electron chi connectivity index (χ0n) is 15.9. The van der Waals surface area contributed by atoms with Crippen LogP contribution in [0.25, 0.3) is 4.13 Å². The van der Waals surface area contributed by atoms with Crippen LogP contribution in [0.2, 0.25) is 0 Å². The normalized spacial score (nSPS) is 15.0. The summed E-state index contributed by atoms with van der Waals surface area (Å²) >= 11 is 0. The van der Waals surface area contributed by atoms with Gasteiger partial charge in [-0.3, -0.25) is 0 Å². The van der Waals surface area contributed by atoms with Crippen molar-refractivity contribution < 1.29 is 87.3 Å². The lowest BCUT2D eigenvalue weighted by Crippen LogP contribution is -2.48. The van der Waals surface area contributed by atoms with Crippen molar-refractivity contribution in [2.75, 3.05) is 0 Å². The molecule has 24 heteroatoms. The van der Waals surface area contributed by atoms with Gasteiger partial charge in [-0.2, -0.15) is 65.9 Å². The molecule has 0 N–H and O–H groups in total. The molecule has 1 aromatic heterocycles. The van der Waals surface area contributed by atoms with E-state index in [0.717, 1.165) is 17.1 Å². The number of nitrogens with zero attached hydrogens (tertiary/aromatic N) is 3. The van der Waals surface area contributed by atoms with E-state index in [1.54, 1.807) is 0 Å². The molecule has 0 atom stereocenters. The molecule has 0 aliphatic heterocycles. The van der Waals surface area contributed by atoms with Crippen molar-refractivity contribution in [3.8, 4) is 0 Å². The average molecular weight is 595 g/mol. The molecular formula is C11H8F15N3O4S2. The van der Waals surface area contributed by atoms with Crippen LogP contribution in [0.3, 0.4) is 0 Å². The summed E-state index contributed by atoms with van der Waals surface area (Å²) in [5.41, 5.74) is 0. The van der Waals surface area contributed by atoms with Crippen LogP contribution in [0.1, 0.15) is 0 Å². The van der Waals surface area contributed by atoms with E-state index in [9.17, 15) is 82.7 Å². The fraction of sp³-hybridized carbons (Fsp3) is 0.727. The van der Waals surface area contributed by atoms with Crippen molar-refractivity contribution in [1.82, 2.24) is 4.57 Å². The Bertz CT molecular complexity index is 1030. The van der Waals surface area contributed by atoms with Crippen LogP contribution in [-0.2, 0) is 33.6 Å². The highest BCUT2D eigenvalue weighted by atomic mass is 32.3. The van der Waals surface area contributed by atoms with Crippen molar-refractivity contribution in [3.05, 3.63) is 22.8 Å². The molecule has 1 rings (SSSR count). The largest absolute Gasteiger partial charge is 0.467 e. The average Bonchev–Trinajstić information content (AvgIpc) is 2.95. The maximum Gasteiger partial charge on any atom is 0.467 e. The minimum atomic E-state index is -7.62. The first-order valence-electron chi connectivity index (χ1n) is 7.51. The van der Waals surface area contributed by atoms with Crippen molar-refractivity contribution >= 4 is 20.0 Å². The summed E-state index contributed by atoms with van der Waals surface area (Å²) in [5, 5.41) is -14.0. The molecular weight excluding hydrogens is 587 g/mol. The number of imidazole rings is 1. The number of alkyl halides is 15. The molecule has 0 saturated carbocycles. The first kappa shape index (κ1) is 33.0. The second-order valence-corrected chi connectivity index (χ2v) is 9.53. The van der Waals surface area contributed by atoms with Crippen LogP contribution in [-0.4, -0.2) is 56.4 Å². The number of aromatic nitrogens is 2. The van der Waals surface area contributed by atoms with Crippen LogP contribution in [0.4, 0.5) is 65.9 Å². The maximum atomic E-state index is 12.5. The van der Waals surface area contributed by atoms with Gasteiger partial charge in [0.25, 0.3) is 0 Å². The zero-order valence-corrected chi connectivity index (χ0v) is 17.5. The quantitative estimate of drug-likeness (QED) is 0.370. The first-order chi connectivity index (χ1) is 14.9. The predicted molar refractivity (Wildman–Crippen MR) is 79.8 cm³/mol. The monoisotopic (exact) mass is 595 g/mol. The number of rotatable bonds is 6. The van der Waals surface area contributed by atoms with Crippen LogP contribution < -0.4 is 4.57 Å². The molecule has 1 heterocycles. The van der Waals surface area contributed by atoms with Gasteiger partial charge in [0.1, 0.15) is 12.4 Å². The van der Waals surface area contributed by atoms with Gasteiger partial charge in [0, 0.05) is 0 Å². The van der Waals surface area contributed by atoms with E-state index in [1.807, 2.05) is 0 Å². The highest BCUT2D eigenvalue weighted by molar-refractivity contribution is 8.13. The zero-order chi connectivity index (χ0) is 28.7. The summed E-state index contributed by atoms with van der Waals surface area (Å²) in [7, 11) is -13.7. The lowest BCUT2D eigenvalue weighted by atomic mass is 10.3. The Morgan fingerprint density at radius 2 is 1.03 bits per heavy atom. The van der Waals surface area contributed by atoms with Crippen molar-refractivity contribution in [2.24, 2.45) is 7.05 Å². The number of aryl methyl sites for hydroxylation is 1. The number of sulfonamides is 2. The van der Waals surface area contributed by atoms with Gasteiger partial charge in [0.05, 0.1) is 7.05 Å². The van der Waals surface area contributed by atoms with Crippen molar-refractivity contribution in [1.29, 1.82) is 0 Å². The van der Waals surface area contributed by atoms with Gasteiger partial charge in [-0.25, -0.2) is 26.0 Å². The molecule has 1 aromatic rings. The number of hydrogen-bond acceptors (Lipinski definition) is 4. The Kier molecular flexibility index (Phi) is 8.94. The van der Waals surface area contributed by atoms with Crippen LogP contribution >= 0.6 is 0 Å². The molecule has 35 heavy (non-hydrogen) atoms. The van der Waals surface area contributed by atoms with Gasteiger partial charge < -0.3 is 4.13 Å². The molecule has 0 spiro atoms. The second kappa shape index (κ2) is 9.48. The number of hydrogen-bond donors (Lipinski definition) is 0. The lowest BCUT2D eigenvalue weighted by molar-refractivity contribution is -0.671. The Balaban J connectivity index is 0.000000712. The summed E-state index contributed by atoms with van der Waals surface area (Å²) < 4.78 is 223. The van der Waals surface area contributed by atoms with E-state index in [4.69, 9.17) is 0 Å². The highest BCUT2D eigenvalue weighted by Gasteiger charge is 2.68. The third-order valence-corrected chi connectivity index (χ3v) is 6.45. The molecule has 0 bridgehead atoms. The molecule has 0 unspecified atom stereocenters. The molecule has 0 fully saturated rings. The van der Waals surface area contributed by atoms with Gasteiger partial charge >= 0.3 is 35.0 Å². The van der Waals surface area contributed by atoms with Crippen LogP contribution in [0, 0.1) is 0 Å². The Morgan fingerprint density at radius 1 is 0.686 bits per heavy atom. The van der Waals surface area contributed by atoms with Crippen molar-refractivity contribution in [2.45, 2.75) is 41.5 Å². The van der Waals surface area contributed by atoms with E-state index >= 15 is 0 Å². The molecule has 0 aliphatic carbocycles. The minimum Gasteiger partial charge on any atom is -0.425 e. The Morgan fingerprint density at radius 3 is 1.26 bits per heavy atom. The predicted octanol–water partition coefficient (Wildman–Crippen LogP) is 3.84. The molecule has 208 valence electrons.